The fraction of sp³-hybridized carbons (Fsp3) is 0.619. The summed E-state index contributed by atoms with van der Waals surface area (Å²) in [6, 6.07) is 10.8. The van der Waals surface area contributed by atoms with Gasteiger partial charge in [-0.2, -0.15) is 0 Å². The predicted octanol–water partition coefficient (Wildman–Crippen LogP) is 17.1. The second-order valence-corrected chi connectivity index (χ2v) is 48.4. The zero-order chi connectivity index (χ0) is 101. The lowest BCUT2D eigenvalue weighted by molar-refractivity contribution is 0.0691. The third kappa shape index (κ3) is 25.3. The quantitative estimate of drug-likeness (QED) is 0.0192. The van der Waals surface area contributed by atoms with Gasteiger partial charge in [0.1, 0.15) is 46.0 Å². The molecule has 762 valence electrons. The molecule has 8 bridgehead atoms. The number of carbonyl (C=O) groups excluding carboxylic acids is 8. The van der Waals surface area contributed by atoms with Crippen molar-refractivity contribution in [1.82, 2.24) is 80.7 Å². The summed E-state index contributed by atoms with van der Waals surface area (Å²) in [5, 5.41) is 65.8. The van der Waals surface area contributed by atoms with Crippen LogP contribution in [0.4, 0.5) is 23.3 Å². The van der Waals surface area contributed by atoms with Gasteiger partial charge in [0.15, 0.2) is 20.0 Å². The van der Waals surface area contributed by atoms with E-state index < -0.39 is 28.6 Å². The highest BCUT2D eigenvalue weighted by molar-refractivity contribution is 7.18. The molecular weight excluding hydrogens is 1860 g/mol. The number of hydrogen-bond donors (Lipinski definition) is 12. The number of amides is 8. The van der Waals surface area contributed by atoms with E-state index in [1.165, 1.54) is 58.2 Å². The van der Waals surface area contributed by atoms with E-state index in [2.05, 4.69) is 145 Å². The normalized spacial score (nSPS) is 22.0. The van der Waals surface area contributed by atoms with E-state index in [9.17, 15) is 58.8 Å². The highest BCUT2D eigenvalue weighted by Gasteiger charge is 2.49. The molecule has 32 nitrogen and oxygen atoms in total. The average molecular weight is 2010 g/mol. The molecule has 141 heavy (non-hydrogen) atoms. The van der Waals surface area contributed by atoms with Gasteiger partial charge in [0, 0.05) is 145 Å². The van der Waals surface area contributed by atoms with Crippen LogP contribution in [-0.2, 0) is 0 Å². The third-order valence-electron chi connectivity index (χ3n) is 29.2. The summed E-state index contributed by atoms with van der Waals surface area (Å²) < 4.78 is 0. The Kier molecular flexibility index (Phi) is 32.4. The van der Waals surface area contributed by atoms with E-state index in [4.69, 9.17) is 0 Å². The summed E-state index contributed by atoms with van der Waals surface area (Å²) in [4.78, 5) is 154. The Morgan fingerprint density at radius 3 is 0.965 bits per heavy atom. The number of aliphatic hydroxyl groups excluding tert-OH is 1. The van der Waals surface area contributed by atoms with Gasteiger partial charge in [0.2, 0.25) is 0 Å². The van der Waals surface area contributed by atoms with Gasteiger partial charge >= 0.3 is 0 Å². The van der Waals surface area contributed by atoms with E-state index in [-0.39, 0.29) is 147 Å². The molecule has 8 aromatic heterocycles. The molecular formula is C105H146N20O12S4. The van der Waals surface area contributed by atoms with Crippen LogP contribution in [0, 0.1) is 39.0 Å². The zero-order valence-electron chi connectivity index (χ0n) is 85.5. The third-order valence-corrected chi connectivity index (χ3v) is 33.5. The predicted molar refractivity (Wildman–Crippen MR) is 556 cm³/mol. The summed E-state index contributed by atoms with van der Waals surface area (Å²) in [6.07, 6.45) is 30.9. The number of aliphatic hydroxyl groups is 4. The largest absolute Gasteiger partial charge is 0.393 e. The van der Waals surface area contributed by atoms with E-state index in [0.29, 0.717) is 67.2 Å². The van der Waals surface area contributed by atoms with Crippen molar-refractivity contribution in [2.45, 2.75) is 381 Å². The number of aryl methyl sites for hydroxylation is 4. The Labute approximate surface area is 845 Å². The molecule has 10 fully saturated rings. The first-order valence-electron chi connectivity index (χ1n) is 51.0. The van der Waals surface area contributed by atoms with Gasteiger partial charge in [-0.15, -0.1) is 45.3 Å². The van der Waals surface area contributed by atoms with Crippen LogP contribution in [0.5, 0.6) is 0 Å². The molecule has 12 N–H and O–H groups in total. The lowest BCUT2D eigenvalue weighted by Gasteiger charge is -2.25. The number of carbonyl (C=O) groups is 8. The number of aromatic nitrogens is 8. The molecule has 2 saturated carbocycles. The molecule has 0 aromatic carbocycles. The minimum atomic E-state index is -1.04. The summed E-state index contributed by atoms with van der Waals surface area (Å²) in [5.41, 5.74) is 5.41. The van der Waals surface area contributed by atoms with Gasteiger partial charge in [0.25, 0.3) is 47.3 Å². The summed E-state index contributed by atoms with van der Waals surface area (Å²) in [7, 11) is 0. The Balaban J connectivity index is 0.000000142. The van der Waals surface area contributed by atoms with Crippen LogP contribution in [0.3, 0.4) is 0 Å². The summed E-state index contributed by atoms with van der Waals surface area (Å²) >= 11 is 4.89. The SMILES string of the molecule is CCC(C)(C)Nc1cc(C)c(-c2sc(C(=O)NCC(C)(C)O)nc2C(=O)N2C3CCC2CC3)cn1.CC[C@@H](C)Nc1cc(C)c(-c2sc(C(=O)N[C@H]3CC[C@H](O)C3)nc2C(=O)N2C3CCC2CC3)cn1.CC[C@H](Nc1cc(C)c(-c2sc(C(=O)NCC(C)(C)O)nc2C(=O)N2C3CCC2CC3)cn1)C1CC1.Cc1cc(NCC(C)(C)C)ncc1-c1sc(C(=O)NCC(C)(C)O)nc1C(=O)N1C2CCC1CC2. The minimum Gasteiger partial charge on any atom is -0.393 e. The molecule has 0 radical (unpaired) electrons. The molecule has 8 saturated heterocycles. The number of anilines is 4. The molecule has 8 aromatic rings. The molecule has 10 aliphatic rings. The fourth-order valence-electron chi connectivity index (χ4n) is 20.8. The van der Waals surface area contributed by atoms with Gasteiger partial charge in [-0.1, -0.05) is 41.5 Å². The van der Waals surface area contributed by atoms with Crippen LogP contribution in [0.2, 0.25) is 0 Å². The standard InChI is InChI=1S/C27H37N5O3S.C26H35N5O3S.2C26H37N5O3S/c1-5-20(16-6-7-16)30-21-12-15(2)19(13-28-21)23-22(26(34)32-17-8-9-18(32)11-10-17)31-25(36-23)24(33)29-14-27(3,4)35;1-4-15(3)28-21-11-14(2)20(13-27-21)23-22(26(34)31-17-6-7-18(31)9-8-17)30-25(35-23)24(33)29-16-5-10-19(32)12-16;1-15-11-19(28-13-25(2,3)4)27-12-18(15)21-20(24(33)31-16-7-8-17(31)10-9-16)30-23(35-21)22(32)29-14-26(5,6)34;1-7-25(3,4)30-19-12-15(2)18(13-27-19)21-20(24(33)31-16-8-9-17(31)11-10-16)29-23(35-21)22(32)28-14-26(5,6)34/h12-13,16-18,20,35H,5-11,14H2,1-4H3,(H,28,30)(H,29,33);11,13,15-19,32H,4-10,12H2,1-3H3,(H,27,28)(H,29,33);11-12,16-17,34H,7-10,13-14H2,1-6H3,(H,27,28)(H,29,32);12-13,16-17,34H,7-11,14H2,1-6H3,(H,27,30)(H,28,32)/t17?,18?,20-;15-,16+,17?,18?,19+;;/m01../s1. The maximum absolute atomic E-state index is 13.8. The smallest absolute Gasteiger partial charge is 0.280 e. The molecule has 8 amide bonds. The number of nitrogens with one attached hydrogen (secondary N) is 8. The number of thiazole rings is 4. The summed E-state index contributed by atoms with van der Waals surface area (Å²) in [5.74, 6) is 2.11. The van der Waals surface area contributed by atoms with E-state index in [1.54, 1.807) is 66.3 Å². The maximum Gasteiger partial charge on any atom is 0.280 e. The maximum atomic E-state index is 13.8. The van der Waals surface area contributed by atoms with Crippen molar-refractivity contribution < 1.29 is 58.8 Å². The molecule has 2 aliphatic carbocycles. The first-order valence-corrected chi connectivity index (χ1v) is 54.2. The minimum absolute atomic E-state index is 0.0623. The van der Waals surface area contributed by atoms with Gasteiger partial charge < -0.3 is 82.6 Å². The summed E-state index contributed by atoms with van der Waals surface area (Å²) in [6.45, 7) is 38.1. The number of fused-ring (bicyclic) bond motifs is 8. The molecule has 16 heterocycles. The van der Waals surface area contributed by atoms with Crippen molar-refractivity contribution >= 4 is 116 Å². The average Bonchev–Trinajstić information content (AvgIpc) is 1.62. The second kappa shape index (κ2) is 43.5. The number of nitrogens with zero attached hydrogens (tertiary/aromatic N) is 12. The first-order chi connectivity index (χ1) is 66.7. The van der Waals surface area contributed by atoms with E-state index in [1.807, 2.05) is 71.6 Å². The van der Waals surface area contributed by atoms with Gasteiger partial charge in [0.05, 0.1) is 42.4 Å². The first kappa shape index (κ1) is 105. The molecule has 36 heteroatoms. The lowest BCUT2D eigenvalue weighted by Crippen LogP contribution is -2.38. The van der Waals surface area contributed by atoms with Crippen molar-refractivity contribution in [3.63, 3.8) is 0 Å². The van der Waals surface area contributed by atoms with Crippen LogP contribution < -0.4 is 42.5 Å². The number of pyridine rings is 4. The van der Waals surface area contributed by atoms with Crippen molar-refractivity contribution in [2.75, 3.05) is 47.4 Å². The van der Waals surface area contributed by atoms with Gasteiger partial charge in [-0.25, -0.2) is 39.9 Å². The Bertz CT molecular complexity index is 5840. The molecule has 18 rings (SSSR count). The highest BCUT2D eigenvalue weighted by atomic mass is 32.1. The molecule has 4 atom stereocenters. The van der Waals surface area contributed by atoms with Crippen LogP contribution in [0.1, 0.15) is 361 Å². The van der Waals surface area contributed by atoms with Crippen molar-refractivity contribution in [2.24, 2.45) is 11.3 Å². The van der Waals surface area contributed by atoms with Crippen LogP contribution in [0.25, 0.3) is 41.8 Å². The second-order valence-electron chi connectivity index (χ2n) is 44.4. The topological polar surface area (TPSA) is 430 Å². The fourth-order valence-corrected chi connectivity index (χ4v) is 25.0. The van der Waals surface area contributed by atoms with Crippen molar-refractivity contribution in [1.29, 1.82) is 0 Å². The van der Waals surface area contributed by atoms with Gasteiger partial charge in [-0.3, -0.25) is 38.4 Å². The Morgan fingerprint density at radius 1 is 0.390 bits per heavy atom. The van der Waals surface area contributed by atoms with Crippen LogP contribution >= 0.6 is 45.3 Å². The molecule has 0 spiro atoms. The van der Waals surface area contributed by atoms with Crippen LogP contribution in [0.15, 0.2) is 49.1 Å². The lowest BCUT2D eigenvalue weighted by atomic mass is 9.97. The molecule has 0 unspecified atom stereocenters. The van der Waals surface area contributed by atoms with E-state index >= 15 is 0 Å². The Hall–Kier alpha value is -10.1. The van der Waals surface area contributed by atoms with Gasteiger partial charge in [-0.05, 0) is 302 Å². The monoisotopic (exact) mass is 2010 g/mol. The number of rotatable bonds is 31. The van der Waals surface area contributed by atoms with Crippen molar-refractivity contribution in [3.05, 3.63) is 114 Å². The van der Waals surface area contributed by atoms with Crippen LogP contribution in [-0.4, -0.2) is 248 Å². The molecule has 8 aliphatic heterocycles. The number of hydrogen-bond acceptors (Lipinski definition) is 28. The zero-order valence-corrected chi connectivity index (χ0v) is 88.7. The van der Waals surface area contributed by atoms with E-state index in [0.717, 1.165) is 209 Å². The van der Waals surface area contributed by atoms with Crippen molar-refractivity contribution in [3.8, 4) is 41.8 Å². The Morgan fingerprint density at radius 2 is 0.688 bits per heavy atom. The highest BCUT2D eigenvalue weighted by Crippen LogP contribution is 2.48.